The molecule has 4 nitrogen and oxygen atoms in total. The number of carbonyl (C=O) groups is 2. The lowest BCUT2D eigenvalue weighted by atomic mass is 9.84. The molecule has 1 unspecified atom stereocenters. The maximum absolute atomic E-state index is 13.9. The number of methoxy groups -OCH3 is 1. The van der Waals surface area contributed by atoms with E-state index >= 15 is 0 Å². The molecule has 1 amide bonds. The zero-order valence-corrected chi connectivity index (χ0v) is 11.0. The second kappa shape index (κ2) is 5.40. The summed E-state index contributed by atoms with van der Waals surface area (Å²) in [5.74, 6) is -3.95. The van der Waals surface area contributed by atoms with E-state index in [1.165, 1.54) is 26.2 Å². The van der Waals surface area contributed by atoms with Gasteiger partial charge in [-0.05, 0) is 18.6 Å². The third-order valence-corrected chi connectivity index (χ3v) is 3.23. The van der Waals surface area contributed by atoms with Gasteiger partial charge >= 0.3 is 5.97 Å². The monoisotopic (exact) mass is 281 g/mol. The highest BCUT2D eigenvalue weighted by Gasteiger charge is 2.34. The lowest BCUT2D eigenvalue weighted by molar-refractivity contribution is -0.136. The summed E-state index contributed by atoms with van der Waals surface area (Å²) in [5.41, 5.74) is 0.401. The lowest BCUT2D eigenvalue weighted by Gasteiger charge is -2.26. The highest BCUT2D eigenvalue weighted by Crippen LogP contribution is 2.35. The number of esters is 1. The number of amides is 1. The summed E-state index contributed by atoms with van der Waals surface area (Å²) in [4.78, 5) is 23.4. The first-order chi connectivity index (χ1) is 9.45. The first kappa shape index (κ1) is 14.2. The molecule has 6 heteroatoms. The summed E-state index contributed by atoms with van der Waals surface area (Å²) in [6.07, 6.45) is -0.137. The summed E-state index contributed by atoms with van der Waals surface area (Å²) in [7, 11) is 1.19. The molecule has 1 aliphatic heterocycles. The quantitative estimate of drug-likeness (QED) is 0.844. The Balaban J connectivity index is 2.57. The van der Waals surface area contributed by atoms with Crippen molar-refractivity contribution < 1.29 is 23.1 Å². The summed E-state index contributed by atoms with van der Waals surface area (Å²) >= 11 is 0. The van der Waals surface area contributed by atoms with Gasteiger partial charge in [-0.15, -0.1) is 0 Å². The third-order valence-electron chi connectivity index (χ3n) is 3.23. The summed E-state index contributed by atoms with van der Waals surface area (Å²) in [6, 6.07) is 3.68. The van der Waals surface area contributed by atoms with Crippen LogP contribution in [0, 0.1) is 11.6 Å². The molecule has 20 heavy (non-hydrogen) atoms. The second-order valence-electron chi connectivity index (χ2n) is 4.48. The number of carbonyl (C=O) groups excluding carboxylic acids is 2. The Morgan fingerprint density at radius 3 is 2.75 bits per heavy atom. The number of ether oxygens (including phenoxy) is 1. The molecule has 0 aromatic heterocycles. The van der Waals surface area contributed by atoms with Gasteiger partial charge in [-0.25, -0.2) is 13.6 Å². The van der Waals surface area contributed by atoms with E-state index in [1.54, 1.807) is 0 Å². The van der Waals surface area contributed by atoms with Crippen LogP contribution in [0.3, 0.4) is 0 Å². The molecule has 2 rings (SSSR count). The molecular formula is C14H13F2NO3. The fourth-order valence-corrected chi connectivity index (χ4v) is 2.34. The highest BCUT2D eigenvalue weighted by molar-refractivity contribution is 5.95. The maximum Gasteiger partial charge on any atom is 0.336 e. The number of nitrogens with one attached hydrogen (secondary N) is 1. The molecule has 0 aliphatic carbocycles. The Morgan fingerprint density at radius 1 is 1.40 bits per heavy atom. The average Bonchev–Trinajstić information content (AvgIpc) is 2.40. The first-order valence-corrected chi connectivity index (χ1v) is 5.98. The van der Waals surface area contributed by atoms with Crippen molar-refractivity contribution in [2.45, 2.75) is 19.3 Å². The van der Waals surface area contributed by atoms with Crippen LogP contribution in [0.2, 0.25) is 0 Å². The van der Waals surface area contributed by atoms with Gasteiger partial charge in [0.2, 0.25) is 5.91 Å². The smallest absolute Gasteiger partial charge is 0.336 e. The maximum atomic E-state index is 13.9. The first-order valence-electron chi connectivity index (χ1n) is 5.98. The van der Waals surface area contributed by atoms with Crippen LogP contribution in [0.4, 0.5) is 8.78 Å². The van der Waals surface area contributed by atoms with Gasteiger partial charge in [-0.1, -0.05) is 12.1 Å². The normalized spacial score (nSPS) is 18.8. The van der Waals surface area contributed by atoms with E-state index in [0.717, 1.165) is 6.07 Å². The molecule has 1 aromatic carbocycles. The van der Waals surface area contributed by atoms with E-state index in [9.17, 15) is 18.4 Å². The van der Waals surface area contributed by atoms with Crippen LogP contribution >= 0.6 is 0 Å². The molecule has 0 saturated carbocycles. The van der Waals surface area contributed by atoms with Crippen LogP contribution in [0.5, 0.6) is 0 Å². The van der Waals surface area contributed by atoms with Gasteiger partial charge < -0.3 is 10.1 Å². The minimum absolute atomic E-state index is 0.0281. The predicted octanol–water partition coefficient (Wildman–Crippen LogP) is 2.02. The standard InChI is InChI=1S/C14H13F2NO3/c1-7-12(14(19)20-2)9(6-11(18)17-7)8-4-3-5-10(15)13(8)16/h3-5,9H,6H2,1-2H3,(H,17,18). The molecule has 0 spiro atoms. The predicted molar refractivity (Wildman–Crippen MR) is 66.6 cm³/mol. The van der Waals surface area contributed by atoms with Crippen molar-refractivity contribution in [3.63, 3.8) is 0 Å². The van der Waals surface area contributed by atoms with Gasteiger partial charge in [0.1, 0.15) is 0 Å². The lowest BCUT2D eigenvalue weighted by Crippen LogP contribution is -2.34. The molecule has 1 aliphatic rings. The van der Waals surface area contributed by atoms with Gasteiger partial charge in [0, 0.05) is 18.0 Å². The number of rotatable bonds is 2. The number of benzene rings is 1. The van der Waals surface area contributed by atoms with Crippen LogP contribution in [-0.4, -0.2) is 19.0 Å². The van der Waals surface area contributed by atoms with Crippen LogP contribution in [0.15, 0.2) is 29.5 Å². The Morgan fingerprint density at radius 2 is 2.10 bits per heavy atom. The van der Waals surface area contributed by atoms with Crippen molar-refractivity contribution >= 4 is 11.9 Å². The van der Waals surface area contributed by atoms with Crippen molar-refractivity contribution in [3.8, 4) is 0 Å². The molecule has 0 saturated heterocycles. The van der Waals surface area contributed by atoms with Gasteiger partial charge in [-0.2, -0.15) is 0 Å². The number of hydrogen-bond acceptors (Lipinski definition) is 3. The van der Waals surface area contributed by atoms with Crippen molar-refractivity contribution in [1.82, 2.24) is 5.32 Å². The van der Waals surface area contributed by atoms with Gasteiger partial charge in [0.15, 0.2) is 11.6 Å². The molecule has 1 heterocycles. The van der Waals surface area contributed by atoms with Crippen molar-refractivity contribution in [3.05, 3.63) is 46.7 Å². The third kappa shape index (κ3) is 2.41. The summed E-state index contributed by atoms with van der Waals surface area (Å²) < 4.78 is 31.9. The minimum Gasteiger partial charge on any atom is -0.466 e. The van der Waals surface area contributed by atoms with E-state index in [4.69, 9.17) is 0 Å². The SMILES string of the molecule is COC(=O)C1=C(C)NC(=O)CC1c1cccc(F)c1F. The molecule has 0 bridgehead atoms. The zero-order valence-electron chi connectivity index (χ0n) is 11.0. The minimum atomic E-state index is -1.05. The second-order valence-corrected chi connectivity index (χ2v) is 4.48. The molecule has 0 fully saturated rings. The largest absolute Gasteiger partial charge is 0.466 e. The van der Waals surface area contributed by atoms with E-state index < -0.39 is 23.5 Å². The summed E-state index contributed by atoms with van der Waals surface area (Å²) in [6.45, 7) is 1.52. The van der Waals surface area contributed by atoms with Crippen molar-refractivity contribution in [2.75, 3.05) is 7.11 Å². The van der Waals surface area contributed by atoms with E-state index in [1.807, 2.05) is 0 Å². The van der Waals surface area contributed by atoms with E-state index in [2.05, 4.69) is 10.1 Å². The van der Waals surface area contributed by atoms with Crippen molar-refractivity contribution in [1.29, 1.82) is 0 Å². The van der Waals surface area contributed by atoms with E-state index in [0.29, 0.717) is 5.70 Å². The molecule has 0 radical (unpaired) electrons. The Hall–Kier alpha value is -2.24. The average molecular weight is 281 g/mol. The number of hydrogen-bond donors (Lipinski definition) is 1. The van der Waals surface area contributed by atoms with Crippen LogP contribution in [-0.2, 0) is 14.3 Å². The van der Waals surface area contributed by atoms with Gasteiger partial charge in [0.05, 0.1) is 12.7 Å². The van der Waals surface area contributed by atoms with Gasteiger partial charge in [0.25, 0.3) is 0 Å². The molecule has 1 N–H and O–H groups in total. The number of halogens is 2. The zero-order chi connectivity index (χ0) is 14.9. The molecule has 106 valence electrons. The topological polar surface area (TPSA) is 55.4 Å². The van der Waals surface area contributed by atoms with E-state index in [-0.39, 0.29) is 23.5 Å². The van der Waals surface area contributed by atoms with Crippen LogP contribution < -0.4 is 5.32 Å². The molecule has 1 aromatic rings. The fourth-order valence-electron chi connectivity index (χ4n) is 2.34. The van der Waals surface area contributed by atoms with Crippen LogP contribution in [0.1, 0.15) is 24.8 Å². The molecular weight excluding hydrogens is 268 g/mol. The Bertz CT molecular complexity index is 610. The van der Waals surface area contributed by atoms with Crippen LogP contribution in [0.25, 0.3) is 0 Å². The van der Waals surface area contributed by atoms with Gasteiger partial charge in [-0.3, -0.25) is 4.79 Å². The summed E-state index contributed by atoms with van der Waals surface area (Å²) in [5, 5.41) is 2.50. The fraction of sp³-hybridized carbons (Fsp3) is 0.286. The Labute approximate surface area is 114 Å². The highest BCUT2D eigenvalue weighted by atomic mass is 19.2. The van der Waals surface area contributed by atoms with Crippen molar-refractivity contribution in [2.24, 2.45) is 0 Å². The molecule has 1 atom stereocenters. The Kier molecular flexibility index (Phi) is 3.83. The number of allylic oxidation sites excluding steroid dienone is 1.